The molecule has 0 heterocycles. The van der Waals surface area contributed by atoms with Gasteiger partial charge in [-0.05, 0) is 38.1 Å². The smallest absolute Gasteiger partial charge is 0.0414 e. The van der Waals surface area contributed by atoms with Gasteiger partial charge in [-0.3, -0.25) is 0 Å². The second-order valence-electron chi connectivity index (χ2n) is 7.75. The molecule has 0 spiro atoms. The van der Waals surface area contributed by atoms with E-state index in [9.17, 15) is 9.90 Å². The van der Waals surface area contributed by atoms with E-state index in [1.54, 1.807) is 0 Å². The summed E-state index contributed by atoms with van der Waals surface area (Å²) in [4.78, 5) is 10.4. The van der Waals surface area contributed by atoms with Gasteiger partial charge in [0.15, 0.2) is 0 Å². The van der Waals surface area contributed by atoms with Crippen LogP contribution in [0, 0.1) is 5.92 Å². The van der Waals surface area contributed by atoms with Gasteiger partial charge in [-0.2, -0.15) is 0 Å². The van der Waals surface area contributed by atoms with Gasteiger partial charge in [-0.15, -0.1) is 0 Å². The molecule has 0 fully saturated rings. The Morgan fingerprint density at radius 1 is 0.720 bits per heavy atom. The van der Waals surface area contributed by atoms with E-state index in [2.05, 4.69) is 6.92 Å². The van der Waals surface area contributed by atoms with E-state index in [1.165, 1.54) is 83.5 Å². The SMILES string of the molecule is CCCCCCCCCCCCCCC(CN)CCCCCC(=O)[O-]. The maximum absolute atomic E-state index is 10.4. The zero-order valence-corrected chi connectivity index (χ0v) is 16.9. The first-order valence-corrected chi connectivity index (χ1v) is 11.1. The molecular formula is C22H44NO2-. The highest BCUT2D eigenvalue weighted by Gasteiger charge is 2.06. The lowest BCUT2D eigenvalue weighted by Gasteiger charge is -2.14. The summed E-state index contributed by atoms with van der Waals surface area (Å²) in [5.74, 6) is -0.294. The number of aliphatic carboxylic acids is 1. The van der Waals surface area contributed by atoms with Gasteiger partial charge in [0.2, 0.25) is 0 Å². The maximum Gasteiger partial charge on any atom is 0.0414 e. The van der Waals surface area contributed by atoms with Crippen molar-refractivity contribution in [1.29, 1.82) is 0 Å². The maximum atomic E-state index is 10.4. The van der Waals surface area contributed by atoms with Crippen molar-refractivity contribution in [2.75, 3.05) is 6.54 Å². The summed E-state index contributed by atoms with van der Waals surface area (Å²) in [6, 6.07) is 0. The number of carbonyl (C=O) groups is 1. The lowest BCUT2D eigenvalue weighted by molar-refractivity contribution is -0.305. The molecule has 0 saturated heterocycles. The Kier molecular flexibility index (Phi) is 19.3. The van der Waals surface area contributed by atoms with Crippen molar-refractivity contribution < 1.29 is 9.90 Å². The molecule has 1 unspecified atom stereocenters. The Hall–Kier alpha value is -0.570. The van der Waals surface area contributed by atoms with Crippen LogP contribution in [0.2, 0.25) is 0 Å². The average Bonchev–Trinajstić information content (AvgIpc) is 2.60. The fourth-order valence-electron chi connectivity index (χ4n) is 3.53. The molecule has 150 valence electrons. The second kappa shape index (κ2) is 19.8. The Labute approximate surface area is 157 Å². The first-order chi connectivity index (χ1) is 12.2. The fourth-order valence-corrected chi connectivity index (χ4v) is 3.53. The molecule has 1 atom stereocenters. The van der Waals surface area contributed by atoms with Crippen molar-refractivity contribution in [2.45, 2.75) is 122 Å². The van der Waals surface area contributed by atoms with Gasteiger partial charge in [0.25, 0.3) is 0 Å². The number of unbranched alkanes of at least 4 members (excludes halogenated alkanes) is 13. The third-order valence-electron chi connectivity index (χ3n) is 5.29. The highest BCUT2D eigenvalue weighted by Crippen LogP contribution is 2.18. The molecule has 3 nitrogen and oxygen atoms in total. The average molecular weight is 355 g/mol. The van der Waals surface area contributed by atoms with Crippen LogP contribution in [0.5, 0.6) is 0 Å². The number of hydrogen-bond donors (Lipinski definition) is 1. The molecule has 0 bridgehead atoms. The number of hydrogen-bond acceptors (Lipinski definition) is 3. The standard InChI is InChI=1S/C22H45NO2/c1-2-3-4-5-6-7-8-9-10-11-12-14-17-21(20-23)18-15-13-16-19-22(24)25/h21H,2-20,23H2,1H3,(H,24,25)/p-1. The summed E-state index contributed by atoms with van der Waals surface area (Å²) in [5, 5.41) is 10.4. The van der Waals surface area contributed by atoms with Crippen LogP contribution < -0.4 is 10.8 Å². The molecule has 0 radical (unpaired) electrons. The summed E-state index contributed by atoms with van der Waals surface area (Å²) in [6.45, 7) is 3.05. The quantitative estimate of drug-likeness (QED) is 0.300. The van der Waals surface area contributed by atoms with Crippen molar-refractivity contribution in [3.63, 3.8) is 0 Å². The Balaban J connectivity index is 3.28. The molecule has 0 aromatic heterocycles. The van der Waals surface area contributed by atoms with Crippen LogP contribution in [0.1, 0.15) is 122 Å². The van der Waals surface area contributed by atoms with Gasteiger partial charge in [0, 0.05) is 5.97 Å². The number of carbonyl (C=O) groups excluding carboxylic acids is 1. The van der Waals surface area contributed by atoms with E-state index in [4.69, 9.17) is 5.73 Å². The third-order valence-corrected chi connectivity index (χ3v) is 5.29. The monoisotopic (exact) mass is 354 g/mol. The van der Waals surface area contributed by atoms with E-state index in [1.807, 2.05) is 0 Å². The van der Waals surface area contributed by atoms with Crippen LogP contribution in [0.4, 0.5) is 0 Å². The minimum absolute atomic E-state index is 0.200. The lowest BCUT2D eigenvalue weighted by Crippen LogP contribution is -2.21. The fraction of sp³-hybridized carbons (Fsp3) is 0.955. The molecule has 0 aliphatic carbocycles. The minimum Gasteiger partial charge on any atom is -0.550 e. The Bertz CT molecular complexity index is 281. The van der Waals surface area contributed by atoms with Gasteiger partial charge in [-0.25, -0.2) is 0 Å². The van der Waals surface area contributed by atoms with Gasteiger partial charge in [0.05, 0.1) is 0 Å². The van der Waals surface area contributed by atoms with E-state index in [0.29, 0.717) is 5.92 Å². The summed E-state index contributed by atoms with van der Waals surface area (Å²) in [7, 11) is 0. The topological polar surface area (TPSA) is 66.2 Å². The van der Waals surface area contributed by atoms with Crippen LogP contribution >= 0.6 is 0 Å². The normalized spacial score (nSPS) is 12.4. The Morgan fingerprint density at radius 3 is 1.52 bits per heavy atom. The number of rotatable bonds is 20. The molecule has 0 aromatic carbocycles. The molecule has 0 aliphatic heterocycles. The molecule has 0 rings (SSSR count). The van der Waals surface area contributed by atoms with Crippen molar-refractivity contribution in [1.82, 2.24) is 0 Å². The number of carboxylic acids is 1. The van der Waals surface area contributed by atoms with Crippen LogP contribution in [-0.4, -0.2) is 12.5 Å². The van der Waals surface area contributed by atoms with E-state index >= 15 is 0 Å². The van der Waals surface area contributed by atoms with Crippen molar-refractivity contribution >= 4 is 5.97 Å². The molecule has 3 heteroatoms. The summed E-state index contributed by atoms with van der Waals surface area (Å²) >= 11 is 0. The zero-order valence-electron chi connectivity index (χ0n) is 16.9. The molecule has 0 aromatic rings. The number of carboxylic acid groups (broad SMARTS) is 1. The van der Waals surface area contributed by atoms with Crippen LogP contribution in [0.3, 0.4) is 0 Å². The predicted octanol–water partition coefficient (Wildman–Crippen LogP) is 5.35. The van der Waals surface area contributed by atoms with Crippen LogP contribution in [-0.2, 0) is 4.79 Å². The van der Waals surface area contributed by atoms with Crippen molar-refractivity contribution in [3.8, 4) is 0 Å². The van der Waals surface area contributed by atoms with Gasteiger partial charge >= 0.3 is 0 Å². The third kappa shape index (κ3) is 19.6. The minimum atomic E-state index is -0.924. The lowest BCUT2D eigenvalue weighted by atomic mass is 9.94. The molecule has 2 N–H and O–H groups in total. The summed E-state index contributed by atoms with van der Waals surface area (Å²) < 4.78 is 0. The van der Waals surface area contributed by atoms with Crippen LogP contribution in [0.25, 0.3) is 0 Å². The largest absolute Gasteiger partial charge is 0.550 e. The van der Waals surface area contributed by atoms with Crippen molar-refractivity contribution in [2.24, 2.45) is 11.7 Å². The van der Waals surface area contributed by atoms with E-state index in [-0.39, 0.29) is 6.42 Å². The summed E-state index contributed by atoms with van der Waals surface area (Å²) in [6.07, 6.45) is 22.2. The first-order valence-electron chi connectivity index (χ1n) is 11.1. The van der Waals surface area contributed by atoms with Crippen LogP contribution in [0.15, 0.2) is 0 Å². The molecule has 0 aliphatic rings. The molecular weight excluding hydrogens is 310 g/mol. The van der Waals surface area contributed by atoms with Gasteiger partial charge < -0.3 is 15.6 Å². The van der Waals surface area contributed by atoms with Gasteiger partial charge in [0.1, 0.15) is 0 Å². The Morgan fingerprint density at radius 2 is 1.12 bits per heavy atom. The summed E-state index contributed by atoms with van der Waals surface area (Å²) in [5.41, 5.74) is 5.87. The predicted molar refractivity (Wildman–Crippen MR) is 106 cm³/mol. The molecule has 25 heavy (non-hydrogen) atoms. The number of nitrogens with two attached hydrogens (primary N) is 1. The first kappa shape index (κ1) is 24.4. The van der Waals surface area contributed by atoms with Crippen molar-refractivity contribution in [3.05, 3.63) is 0 Å². The van der Waals surface area contributed by atoms with Gasteiger partial charge in [-0.1, -0.05) is 96.8 Å². The highest BCUT2D eigenvalue weighted by atomic mass is 16.4. The zero-order chi connectivity index (χ0) is 18.6. The second-order valence-corrected chi connectivity index (χ2v) is 7.75. The highest BCUT2D eigenvalue weighted by molar-refractivity contribution is 5.63. The van der Waals surface area contributed by atoms with E-state index in [0.717, 1.165) is 32.2 Å². The molecule has 0 saturated carbocycles. The molecule has 0 amide bonds. The van der Waals surface area contributed by atoms with E-state index < -0.39 is 5.97 Å².